The monoisotopic (exact) mass is 354 g/mol. The number of amides is 1. The number of benzene rings is 1. The van der Waals surface area contributed by atoms with Gasteiger partial charge in [0.1, 0.15) is 0 Å². The number of likely N-dealkylation sites (tertiary alicyclic amines) is 1. The van der Waals surface area contributed by atoms with Crippen molar-refractivity contribution in [2.45, 2.75) is 25.8 Å². The second-order valence-electron chi connectivity index (χ2n) is 6.81. The van der Waals surface area contributed by atoms with E-state index in [1.165, 1.54) is 12.1 Å². The van der Waals surface area contributed by atoms with E-state index in [4.69, 9.17) is 5.73 Å². The Morgan fingerprint density at radius 2 is 2.17 bits per heavy atom. The smallest absolute Gasteiger partial charge is 0.271 e. The average molecular weight is 355 g/mol. The van der Waals surface area contributed by atoms with E-state index in [9.17, 15) is 14.9 Å². The maximum Gasteiger partial charge on any atom is 0.271 e. The lowest BCUT2D eigenvalue weighted by Gasteiger charge is -2.26. The largest absolute Gasteiger partial charge is 0.330 e. The Labute approximate surface area is 147 Å². The second-order valence-corrected chi connectivity index (χ2v) is 6.81. The molecule has 2 aliphatic rings. The maximum atomic E-state index is 12.8. The van der Waals surface area contributed by atoms with Crippen LogP contribution in [-0.2, 0) is 4.79 Å². The molecule has 2 aliphatic heterocycles. The highest BCUT2D eigenvalue weighted by Gasteiger charge is 2.42. The number of carbonyl (C=O) groups excluding carboxylic acids is 1. The fourth-order valence-electron chi connectivity index (χ4n) is 3.53. The van der Waals surface area contributed by atoms with Crippen molar-refractivity contribution in [2.24, 2.45) is 11.1 Å². The summed E-state index contributed by atoms with van der Waals surface area (Å²) in [6, 6.07) is 6.14. The Kier molecular flexibility index (Phi) is 5.47. The van der Waals surface area contributed by atoms with Gasteiger partial charge in [0, 0.05) is 25.2 Å². The normalized spacial score (nSPS) is 27.3. The van der Waals surface area contributed by atoms with Gasteiger partial charge in [0.15, 0.2) is 0 Å². The molecule has 1 aromatic carbocycles. The molecule has 0 radical (unpaired) electrons. The van der Waals surface area contributed by atoms with Crippen molar-refractivity contribution in [1.82, 2.24) is 4.90 Å². The lowest BCUT2D eigenvalue weighted by Crippen LogP contribution is -2.42. The van der Waals surface area contributed by atoms with Gasteiger partial charge in [-0.25, -0.2) is 0 Å². The van der Waals surface area contributed by atoms with Crippen LogP contribution in [0.4, 0.5) is 11.4 Å². The predicted molar refractivity (Wildman–Crippen MR) is 94.5 cm³/mol. The molecule has 2 saturated heterocycles. The minimum atomic E-state index is -0.436. The molecular weight excluding hydrogens is 332 g/mol. The van der Waals surface area contributed by atoms with Crippen LogP contribution >= 0.6 is 12.4 Å². The van der Waals surface area contributed by atoms with Gasteiger partial charge in [0.2, 0.25) is 5.91 Å². The third-order valence-corrected chi connectivity index (χ3v) is 5.05. The van der Waals surface area contributed by atoms with Gasteiger partial charge in [-0.15, -0.1) is 12.4 Å². The van der Waals surface area contributed by atoms with Crippen molar-refractivity contribution in [3.05, 3.63) is 34.4 Å². The van der Waals surface area contributed by atoms with Crippen LogP contribution in [0.15, 0.2) is 24.3 Å². The lowest BCUT2D eigenvalue weighted by molar-refractivity contribution is -0.384. The number of halogens is 1. The van der Waals surface area contributed by atoms with Crippen LogP contribution in [-0.4, -0.2) is 48.0 Å². The Morgan fingerprint density at radius 3 is 2.79 bits per heavy atom. The summed E-state index contributed by atoms with van der Waals surface area (Å²) >= 11 is 0. The summed E-state index contributed by atoms with van der Waals surface area (Å²) < 4.78 is 0. The topological polar surface area (TPSA) is 92.7 Å². The zero-order chi connectivity index (χ0) is 16.6. The molecule has 0 aliphatic carbocycles. The number of hydrogen-bond acceptors (Lipinski definition) is 5. The van der Waals surface area contributed by atoms with E-state index in [2.05, 4.69) is 11.8 Å². The molecule has 132 valence electrons. The SMILES string of the molecule is CC1(CN)CCN(C2CCN(c3cccc([N+](=O)[O-])c3)C2=O)C1.Cl. The summed E-state index contributed by atoms with van der Waals surface area (Å²) in [6.07, 6.45) is 1.76. The van der Waals surface area contributed by atoms with E-state index in [-0.39, 0.29) is 35.5 Å². The molecule has 1 aromatic rings. The van der Waals surface area contributed by atoms with Crippen LogP contribution in [0.5, 0.6) is 0 Å². The molecule has 1 amide bonds. The van der Waals surface area contributed by atoms with Gasteiger partial charge in [-0.1, -0.05) is 13.0 Å². The van der Waals surface area contributed by atoms with Gasteiger partial charge < -0.3 is 10.6 Å². The number of nitro groups is 1. The molecule has 7 nitrogen and oxygen atoms in total. The highest BCUT2D eigenvalue weighted by Crippen LogP contribution is 2.34. The summed E-state index contributed by atoms with van der Waals surface area (Å²) in [5.41, 5.74) is 6.54. The molecule has 8 heteroatoms. The van der Waals surface area contributed by atoms with Gasteiger partial charge in [-0.05, 0) is 37.4 Å². The number of rotatable bonds is 4. The Morgan fingerprint density at radius 1 is 1.42 bits per heavy atom. The first-order valence-corrected chi connectivity index (χ1v) is 7.93. The van der Waals surface area contributed by atoms with Gasteiger partial charge in [-0.2, -0.15) is 0 Å². The Balaban J connectivity index is 0.00000208. The third-order valence-electron chi connectivity index (χ3n) is 5.05. The molecule has 2 atom stereocenters. The molecule has 24 heavy (non-hydrogen) atoms. The predicted octanol–water partition coefficient (Wildman–Crippen LogP) is 1.79. The molecule has 0 bridgehead atoms. The van der Waals surface area contributed by atoms with Gasteiger partial charge >= 0.3 is 0 Å². The zero-order valence-electron chi connectivity index (χ0n) is 13.7. The van der Waals surface area contributed by atoms with Gasteiger partial charge in [-0.3, -0.25) is 19.8 Å². The van der Waals surface area contributed by atoms with Crippen molar-refractivity contribution >= 4 is 29.7 Å². The molecule has 3 rings (SSSR count). The van der Waals surface area contributed by atoms with Crippen LogP contribution in [0.25, 0.3) is 0 Å². The maximum absolute atomic E-state index is 12.8. The van der Waals surface area contributed by atoms with E-state index in [1.54, 1.807) is 17.0 Å². The van der Waals surface area contributed by atoms with Gasteiger partial charge in [0.25, 0.3) is 5.69 Å². The van der Waals surface area contributed by atoms with Crippen molar-refractivity contribution < 1.29 is 9.72 Å². The molecule has 2 unspecified atom stereocenters. The van der Waals surface area contributed by atoms with E-state index in [1.807, 2.05) is 0 Å². The number of carbonyl (C=O) groups is 1. The first-order valence-electron chi connectivity index (χ1n) is 7.93. The average Bonchev–Trinajstić information content (AvgIpc) is 3.11. The molecule has 0 saturated carbocycles. The summed E-state index contributed by atoms with van der Waals surface area (Å²) in [4.78, 5) is 27.1. The van der Waals surface area contributed by atoms with Crippen molar-refractivity contribution in [2.75, 3.05) is 31.1 Å². The summed E-state index contributed by atoms with van der Waals surface area (Å²) in [6.45, 7) is 5.10. The van der Waals surface area contributed by atoms with Crippen LogP contribution in [0.3, 0.4) is 0 Å². The van der Waals surface area contributed by atoms with Crippen molar-refractivity contribution in [3.8, 4) is 0 Å². The fraction of sp³-hybridized carbons (Fsp3) is 0.562. The molecule has 0 spiro atoms. The third kappa shape index (κ3) is 3.38. The lowest BCUT2D eigenvalue weighted by atomic mass is 9.90. The van der Waals surface area contributed by atoms with E-state index in [0.29, 0.717) is 18.8 Å². The van der Waals surface area contributed by atoms with Crippen molar-refractivity contribution in [3.63, 3.8) is 0 Å². The zero-order valence-corrected chi connectivity index (χ0v) is 14.5. The van der Waals surface area contributed by atoms with Crippen LogP contribution in [0.1, 0.15) is 19.8 Å². The first kappa shape index (κ1) is 18.6. The molecule has 0 aromatic heterocycles. The van der Waals surface area contributed by atoms with Gasteiger partial charge in [0.05, 0.1) is 16.7 Å². The Bertz CT molecular complexity index is 642. The number of non-ortho nitro benzene ring substituents is 1. The fourth-order valence-corrected chi connectivity index (χ4v) is 3.53. The summed E-state index contributed by atoms with van der Waals surface area (Å²) in [5, 5.41) is 10.9. The number of nitrogens with two attached hydrogens (primary N) is 1. The first-order chi connectivity index (χ1) is 10.9. The quantitative estimate of drug-likeness (QED) is 0.657. The minimum absolute atomic E-state index is 0. The Hall–Kier alpha value is -1.70. The summed E-state index contributed by atoms with van der Waals surface area (Å²) in [5.74, 6) is 0.0340. The van der Waals surface area contributed by atoms with Crippen LogP contribution < -0.4 is 10.6 Å². The van der Waals surface area contributed by atoms with E-state index < -0.39 is 4.92 Å². The number of anilines is 1. The number of hydrogen-bond donors (Lipinski definition) is 1. The molecular formula is C16H23ClN4O3. The van der Waals surface area contributed by atoms with Crippen LogP contribution in [0, 0.1) is 15.5 Å². The molecule has 2 fully saturated rings. The number of nitrogens with zero attached hydrogens (tertiary/aromatic N) is 3. The summed E-state index contributed by atoms with van der Waals surface area (Å²) in [7, 11) is 0. The van der Waals surface area contributed by atoms with Crippen LogP contribution in [0.2, 0.25) is 0 Å². The standard InChI is InChI=1S/C16H22N4O3.ClH/c1-16(10-17)6-8-18(11-16)14-5-7-19(15(14)21)12-3-2-4-13(9-12)20(22)23;/h2-4,9,14H,5-8,10-11,17H2,1H3;1H. The molecule has 2 heterocycles. The second kappa shape index (κ2) is 7.04. The van der Waals surface area contributed by atoms with E-state index >= 15 is 0 Å². The van der Waals surface area contributed by atoms with E-state index in [0.717, 1.165) is 25.9 Å². The molecule has 2 N–H and O–H groups in total. The highest BCUT2D eigenvalue weighted by molar-refractivity contribution is 5.99. The van der Waals surface area contributed by atoms with Crippen molar-refractivity contribution in [1.29, 1.82) is 0 Å². The highest BCUT2D eigenvalue weighted by atomic mass is 35.5. The minimum Gasteiger partial charge on any atom is -0.330 e. The number of nitro benzene ring substituents is 1.